The van der Waals surface area contributed by atoms with E-state index in [1.807, 2.05) is 61.5 Å². The Hall–Kier alpha value is -3.74. The Morgan fingerprint density at radius 2 is 1.96 bits per heavy atom. The van der Waals surface area contributed by atoms with Crippen LogP contribution in [0.1, 0.15) is 11.1 Å². The highest BCUT2D eigenvalue weighted by molar-refractivity contribution is 5.93. The average molecular weight is 374 g/mol. The monoisotopic (exact) mass is 374 g/mol. The average Bonchev–Trinajstić information content (AvgIpc) is 3.16. The van der Waals surface area contributed by atoms with Gasteiger partial charge in [-0.1, -0.05) is 65.3 Å². The van der Waals surface area contributed by atoms with E-state index in [0.29, 0.717) is 23.3 Å². The summed E-state index contributed by atoms with van der Waals surface area (Å²) in [5.74, 6) is 0.0155. The van der Waals surface area contributed by atoms with Crippen LogP contribution in [0.3, 0.4) is 0 Å². The van der Waals surface area contributed by atoms with E-state index < -0.39 is 0 Å². The van der Waals surface area contributed by atoms with Gasteiger partial charge in [0.15, 0.2) is 6.61 Å². The molecule has 4 rings (SSSR count). The molecule has 1 N–H and O–H groups in total. The number of carbonyl (C=O) groups excluding carboxylic acids is 1. The number of benzene rings is 2. The maximum Gasteiger partial charge on any atom is 0.265 e. The van der Waals surface area contributed by atoms with Crippen LogP contribution in [0, 0.1) is 6.92 Å². The second-order valence-electron chi connectivity index (χ2n) is 6.31. The van der Waals surface area contributed by atoms with Crippen LogP contribution >= 0.6 is 0 Å². The number of hydrogen-bond donors (Lipinski definition) is 1. The van der Waals surface area contributed by atoms with E-state index in [4.69, 9.17) is 9.26 Å². The molecule has 140 valence electrons. The van der Waals surface area contributed by atoms with E-state index in [1.54, 1.807) is 0 Å². The van der Waals surface area contributed by atoms with Crippen LogP contribution in [0.4, 0.5) is 0 Å². The topological polar surface area (TPSA) is 90.1 Å². The number of fused-ring (bicyclic) bond motifs is 1. The molecule has 1 amide bonds. The van der Waals surface area contributed by atoms with Crippen molar-refractivity contribution in [2.45, 2.75) is 13.5 Å². The summed E-state index contributed by atoms with van der Waals surface area (Å²) in [6, 6.07) is 17.5. The minimum Gasteiger partial charge on any atom is -0.467 e. The van der Waals surface area contributed by atoms with Gasteiger partial charge in [0.05, 0.1) is 0 Å². The van der Waals surface area contributed by atoms with E-state index in [-0.39, 0.29) is 18.4 Å². The Morgan fingerprint density at radius 3 is 2.79 bits per heavy atom. The van der Waals surface area contributed by atoms with Gasteiger partial charge in [0.1, 0.15) is 17.4 Å². The molecule has 0 aliphatic heterocycles. The summed E-state index contributed by atoms with van der Waals surface area (Å²) >= 11 is 0. The van der Waals surface area contributed by atoms with Crippen LogP contribution in [0.5, 0.6) is 5.88 Å². The first-order valence-corrected chi connectivity index (χ1v) is 8.81. The second-order valence-corrected chi connectivity index (χ2v) is 6.31. The van der Waals surface area contributed by atoms with Crippen LogP contribution in [-0.4, -0.2) is 27.6 Å². The van der Waals surface area contributed by atoms with E-state index in [2.05, 4.69) is 20.4 Å². The van der Waals surface area contributed by atoms with Gasteiger partial charge in [-0.05, 0) is 12.5 Å². The van der Waals surface area contributed by atoms with Crippen LogP contribution < -0.4 is 10.1 Å². The summed E-state index contributed by atoms with van der Waals surface area (Å²) in [4.78, 5) is 20.4. The summed E-state index contributed by atoms with van der Waals surface area (Å²) < 4.78 is 10.9. The van der Waals surface area contributed by atoms with Crippen molar-refractivity contribution < 1.29 is 14.1 Å². The van der Waals surface area contributed by atoms with Crippen molar-refractivity contribution in [3.63, 3.8) is 0 Å². The predicted octanol–water partition coefficient (Wildman–Crippen LogP) is 3.29. The molecule has 0 unspecified atom stereocenters. The molecule has 0 saturated heterocycles. The summed E-state index contributed by atoms with van der Waals surface area (Å²) in [6.45, 7) is 2.28. The number of amides is 1. The van der Waals surface area contributed by atoms with Gasteiger partial charge in [-0.15, -0.1) is 0 Å². The molecule has 4 aromatic rings. The third kappa shape index (κ3) is 3.83. The summed E-state index contributed by atoms with van der Waals surface area (Å²) in [6.07, 6.45) is 1.32. The van der Waals surface area contributed by atoms with E-state index in [9.17, 15) is 4.79 Å². The SMILES string of the molecule is Cc1cccc(CNC(=O)COc2ncnc3onc(-c4ccccc4)c23)c1. The van der Waals surface area contributed by atoms with Gasteiger partial charge in [-0.2, -0.15) is 4.98 Å². The molecule has 0 saturated carbocycles. The Labute approximate surface area is 161 Å². The van der Waals surface area contributed by atoms with Gasteiger partial charge < -0.3 is 14.6 Å². The van der Waals surface area contributed by atoms with E-state index in [1.165, 1.54) is 6.33 Å². The molecule has 2 aromatic carbocycles. The molecule has 2 aromatic heterocycles. The molecule has 7 heteroatoms. The summed E-state index contributed by atoms with van der Waals surface area (Å²) in [5, 5.41) is 7.46. The molecule has 2 heterocycles. The Morgan fingerprint density at radius 1 is 1.11 bits per heavy atom. The molecule has 0 fully saturated rings. The lowest BCUT2D eigenvalue weighted by molar-refractivity contribution is -0.123. The zero-order chi connectivity index (χ0) is 19.3. The van der Waals surface area contributed by atoms with Gasteiger partial charge in [0.25, 0.3) is 11.6 Å². The van der Waals surface area contributed by atoms with Gasteiger partial charge in [0.2, 0.25) is 5.88 Å². The Bertz CT molecular complexity index is 1110. The van der Waals surface area contributed by atoms with Crippen LogP contribution in [-0.2, 0) is 11.3 Å². The fraction of sp³-hybridized carbons (Fsp3) is 0.143. The van der Waals surface area contributed by atoms with Crippen molar-refractivity contribution in [2.24, 2.45) is 0 Å². The fourth-order valence-corrected chi connectivity index (χ4v) is 2.87. The minimum absolute atomic E-state index is 0.169. The molecule has 0 atom stereocenters. The zero-order valence-corrected chi connectivity index (χ0v) is 15.3. The Kier molecular flexibility index (Phi) is 4.97. The summed E-state index contributed by atoms with van der Waals surface area (Å²) in [5.41, 5.74) is 3.91. The van der Waals surface area contributed by atoms with E-state index in [0.717, 1.165) is 16.7 Å². The third-order valence-electron chi connectivity index (χ3n) is 4.20. The number of aryl methyl sites for hydroxylation is 1. The van der Waals surface area contributed by atoms with Crippen molar-refractivity contribution >= 4 is 17.0 Å². The molecule has 0 spiro atoms. The molecule has 0 aliphatic carbocycles. The van der Waals surface area contributed by atoms with Crippen molar-refractivity contribution in [3.05, 3.63) is 72.1 Å². The van der Waals surface area contributed by atoms with Gasteiger partial charge in [-0.25, -0.2) is 4.98 Å². The number of rotatable bonds is 6. The van der Waals surface area contributed by atoms with Crippen LogP contribution in [0.25, 0.3) is 22.4 Å². The first-order valence-electron chi connectivity index (χ1n) is 8.81. The number of nitrogens with one attached hydrogen (secondary N) is 1. The van der Waals surface area contributed by atoms with Gasteiger partial charge in [-0.3, -0.25) is 4.79 Å². The van der Waals surface area contributed by atoms with Crippen molar-refractivity contribution in [1.82, 2.24) is 20.4 Å². The van der Waals surface area contributed by atoms with E-state index >= 15 is 0 Å². The standard InChI is InChI=1S/C21H18N4O3/c1-14-6-5-7-15(10-14)11-22-17(26)12-27-20-18-19(16-8-3-2-4-9-16)25-28-21(18)24-13-23-20/h2-10,13H,11-12H2,1H3,(H,22,26). The van der Waals surface area contributed by atoms with Gasteiger partial charge in [0, 0.05) is 12.1 Å². The summed E-state index contributed by atoms with van der Waals surface area (Å²) in [7, 11) is 0. The molecule has 0 bridgehead atoms. The lowest BCUT2D eigenvalue weighted by Gasteiger charge is -2.08. The molecule has 0 radical (unpaired) electrons. The maximum atomic E-state index is 12.2. The number of ether oxygens (including phenoxy) is 1. The molecular formula is C21H18N4O3. The maximum absolute atomic E-state index is 12.2. The number of hydrogen-bond acceptors (Lipinski definition) is 6. The Balaban J connectivity index is 1.47. The number of aromatic nitrogens is 3. The largest absolute Gasteiger partial charge is 0.467 e. The highest BCUT2D eigenvalue weighted by Crippen LogP contribution is 2.32. The smallest absolute Gasteiger partial charge is 0.265 e. The van der Waals surface area contributed by atoms with Gasteiger partial charge >= 0.3 is 0 Å². The van der Waals surface area contributed by atoms with Crippen molar-refractivity contribution in [2.75, 3.05) is 6.61 Å². The normalized spacial score (nSPS) is 10.8. The highest BCUT2D eigenvalue weighted by atomic mass is 16.5. The second kappa shape index (κ2) is 7.87. The lowest BCUT2D eigenvalue weighted by Crippen LogP contribution is -2.28. The first kappa shape index (κ1) is 17.7. The number of carbonyl (C=O) groups is 1. The molecular weight excluding hydrogens is 356 g/mol. The molecule has 28 heavy (non-hydrogen) atoms. The van der Waals surface area contributed by atoms with Crippen molar-refractivity contribution in [1.29, 1.82) is 0 Å². The molecule has 0 aliphatic rings. The van der Waals surface area contributed by atoms with Crippen LogP contribution in [0.15, 0.2) is 65.4 Å². The number of nitrogens with zero attached hydrogens (tertiary/aromatic N) is 3. The first-order chi connectivity index (χ1) is 13.7. The third-order valence-corrected chi connectivity index (χ3v) is 4.20. The van der Waals surface area contributed by atoms with Crippen LogP contribution in [0.2, 0.25) is 0 Å². The van der Waals surface area contributed by atoms with Crippen molar-refractivity contribution in [3.8, 4) is 17.1 Å². The fourth-order valence-electron chi connectivity index (χ4n) is 2.87. The lowest BCUT2D eigenvalue weighted by atomic mass is 10.1. The minimum atomic E-state index is -0.244. The highest BCUT2D eigenvalue weighted by Gasteiger charge is 2.18. The predicted molar refractivity (Wildman–Crippen MR) is 104 cm³/mol. The molecule has 7 nitrogen and oxygen atoms in total. The zero-order valence-electron chi connectivity index (χ0n) is 15.3. The quantitative estimate of drug-likeness (QED) is 0.557.